The van der Waals surface area contributed by atoms with Crippen LogP contribution in [0.3, 0.4) is 0 Å². The van der Waals surface area contributed by atoms with E-state index < -0.39 is 5.97 Å². The van der Waals surface area contributed by atoms with Gasteiger partial charge in [0.1, 0.15) is 0 Å². The normalized spacial score (nSPS) is 10.1. The Bertz CT molecular complexity index is 368. The number of aromatic carboxylic acids is 1. The number of pyridine rings is 1. The molecule has 1 aromatic rings. The summed E-state index contributed by atoms with van der Waals surface area (Å²) in [6, 6.07) is 2.79. The predicted octanol–water partition coefficient (Wildman–Crippen LogP) is 0.777. The van der Waals surface area contributed by atoms with Crippen LogP contribution in [-0.4, -0.2) is 36.4 Å². The van der Waals surface area contributed by atoms with Crippen molar-refractivity contribution in [3.8, 4) is 5.88 Å². The molecule has 0 saturated heterocycles. The molecule has 0 atom stereocenters. The number of carboxylic acid groups (broad SMARTS) is 1. The summed E-state index contributed by atoms with van der Waals surface area (Å²) in [6.45, 7) is 0.951. The van der Waals surface area contributed by atoms with E-state index >= 15 is 0 Å². The number of ether oxygens (including phenoxy) is 2. The third kappa shape index (κ3) is 3.39. The van der Waals surface area contributed by atoms with Crippen molar-refractivity contribution in [1.29, 1.82) is 0 Å². The van der Waals surface area contributed by atoms with Crippen LogP contribution in [-0.2, 0) is 4.74 Å². The van der Waals surface area contributed by atoms with Gasteiger partial charge in [-0.3, -0.25) is 0 Å². The molecule has 1 aromatic heterocycles. The molecule has 0 aliphatic heterocycles. The van der Waals surface area contributed by atoms with Gasteiger partial charge in [0.15, 0.2) is 5.69 Å². The first-order valence-corrected chi connectivity index (χ1v) is 4.76. The van der Waals surface area contributed by atoms with E-state index in [1.165, 1.54) is 12.1 Å². The first kappa shape index (κ1) is 12.3. The largest absolute Gasteiger partial charge is 0.477 e. The molecule has 0 bridgehead atoms. The highest BCUT2D eigenvalue weighted by Crippen LogP contribution is 2.18. The van der Waals surface area contributed by atoms with Crippen LogP contribution in [0.1, 0.15) is 16.9 Å². The molecule has 16 heavy (non-hydrogen) atoms. The zero-order valence-electron chi connectivity index (χ0n) is 8.97. The Morgan fingerprint density at radius 1 is 1.50 bits per heavy atom. The fourth-order valence-electron chi connectivity index (χ4n) is 1.06. The topological polar surface area (TPSA) is 94.7 Å². The summed E-state index contributed by atoms with van der Waals surface area (Å²) >= 11 is 0. The monoisotopic (exact) mass is 226 g/mol. The molecule has 3 N–H and O–H groups in total. The summed E-state index contributed by atoms with van der Waals surface area (Å²) in [6.07, 6.45) is 0.689. The molecule has 6 nitrogen and oxygen atoms in total. The van der Waals surface area contributed by atoms with Gasteiger partial charge < -0.3 is 20.3 Å². The second-order valence-electron chi connectivity index (χ2n) is 3.09. The van der Waals surface area contributed by atoms with Gasteiger partial charge in [-0.25, -0.2) is 9.78 Å². The van der Waals surface area contributed by atoms with Crippen molar-refractivity contribution in [3.05, 3.63) is 17.8 Å². The average Bonchev–Trinajstić information content (AvgIpc) is 2.26. The van der Waals surface area contributed by atoms with Gasteiger partial charge in [-0.15, -0.1) is 0 Å². The quantitative estimate of drug-likeness (QED) is 0.696. The summed E-state index contributed by atoms with van der Waals surface area (Å²) < 4.78 is 10.1. The number of nitrogen functional groups attached to an aromatic ring is 1. The Hall–Kier alpha value is -1.82. The molecule has 0 saturated carbocycles. The van der Waals surface area contributed by atoms with Gasteiger partial charge in [-0.2, -0.15) is 0 Å². The maximum atomic E-state index is 10.7. The fraction of sp³-hybridized carbons (Fsp3) is 0.400. The summed E-state index contributed by atoms with van der Waals surface area (Å²) in [4.78, 5) is 14.4. The van der Waals surface area contributed by atoms with E-state index in [1.54, 1.807) is 7.11 Å². The Morgan fingerprint density at radius 3 is 2.88 bits per heavy atom. The molecule has 1 heterocycles. The molecule has 0 fully saturated rings. The lowest BCUT2D eigenvalue weighted by atomic mass is 10.3. The molecule has 88 valence electrons. The van der Waals surface area contributed by atoms with Crippen molar-refractivity contribution in [3.63, 3.8) is 0 Å². The third-order valence-electron chi connectivity index (χ3n) is 1.84. The number of nitrogens with zero attached hydrogens (tertiary/aromatic N) is 1. The van der Waals surface area contributed by atoms with Crippen LogP contribution in [0.5, 0.6) is 5.88 Å². The van der Waals surface area contributed by atoms with Crippen LogP contribution in [0.2, 0.25) is 0 Å². The number of hydrogen-bond donors (Lipinski definition) is 2. The summed E-state index contributed by atoms with van der Waals surface area (Å²) in [7, 11) is 1.59. The van der Waals surface area contributed by atoms with Crippen LogP contribution in [0.4, 0.5) is 5.69 Å². The van der Waals surface area contributed by atoms with E-state index in [4.69, 9.17) is 20.3 Å². The second-order valence-corrected chi connectivity index (χ2v) is 3.09. The van der Waals surface area contributed by atoms with Gasteiger partial charge in [0.05, 0.1) is 12.3 Å². The zero-order chi connectivity index (χ0) is 12.0. The van der Waals surface area contributed by atoms with Crippen molar-refractivity contribution in [1.82, 2.24) is 4.98 Å². The zero-order valence-corrected chi connectivity index (χ0v) is 8.97. The number of aromatic nitrogens is 1. The number of anilines is 1. The first-order valence-electron chi connectivity index (χ1n) is 4.76. The van der Waals surface area contributed by atoms with Gasteiger partial charge in [0.2, 0.25) is 5.88 Å². The fourth-order valence-corrected chi connectivity index (χ4v) is 1.06. The minimum atomic E-state index is -1.11. The summed E-state index contributed by atoms with van der Waals surface area (Å²) in [5.74, 6) is -0.960. The van der Waals surface area contributed by atoms with Gasteiger partial charge >= 0.3 is 5.97 Å². The highest BCUT2D eigenvalue weighted by molar-refractivity contribution is 5.86. The van der Waals surface area contributed by atoms with Crippen LogP contribution in [0.15, 0.2) is 12.1 Å². The minimum absolute atomic E-state index is 0.0871. The maximum absolute atomic E-state index is 10.7. The number of carbonyl (C=O) groups is 1. The molecule has 6 heteroatoms. The Kier molecular flexibility index (Phi) is 4.53. The van der Waals surface area contributed by atoms with E-state index in [2.05, 4.69) is 4.98 Å². The molecule has 0 unspecified atom stereocenters. The smallest absolute Gasteiger partial charge is 0.354 e. The van der Waals surface area contributed by atoms with Crippen LogP contribution in [0.25, 0.3) is 0 Å². The second kappa shape index (κ2) is 5.92. The number of rotatable bonds is 6. The molecule has 0 spiro atoms. The van der Waals surface area contributed by atoms with Gasteiger partial charge in [0.25, 0.3) is 0 Å². The molecule has 0 aliphatic carbocycles. The first-order chi connectivity index (χ1) is 7.65. The van der Waals surface area contributed by atoms with Crippen molar-refractivity contribution < 1.29 is 19.4 Å². The standard InChI is InChI=1S/C10H14N2O4/c1-15-5-2-6-16-9-7(11)3-4-8(12-9)10(13)14/h3-4H,2,5-6,11H2,1H3,(H,13,14). The third-order valence-corrected chi connectivity index (χ3v) is 1.84. The number of hydrogen-bond acceptors (Lipinski definition) is 5. The van der Waals surface area contributed by atoms with Gasteiger partial charge in [-0.1, -0.05) is 0 Å². The summed E-state index contributed by atoms with van der Waals surface area (Å²) in [5, 5.41) is 8.73. The predicted molar refractivity (Wildman–Crippen MR) is 57.6 cm³/mol. The number of methoxy groups -OCH3 is 1. The van der Waals surface area contributed by atoms with Crippen molar-refractivity contribution in [2.45, 2.75) is 6.42 Å². The van der Waals surface area contributed by atoms with Crippen LogP contribution < -0.4 is 10.5 Å². The van der Waals surface area contributed by atoms with E-state index in [-0.39, 0.29) is 11.6 Å². The van der Waals surface area contributed by atoms with Crippen molar-refractivity contribution in [2.75, 3.05) is 26.1 Å². The molecule has 0 aromatic carbocycles. The van der Waals surface area contributed by atoms with Crippen LogP contribution >= 0.6 is 0 Å². The summed E-state index contributed by atoms with van der Waals surface area (Å²) in [5.41, 5.74) is 5.83. The Balaban J connectivity index is 2.63. The molecule has 0 radical (unpaired) electrons. The lowest BCUT2D eigenvalue weighted by molar-refractivity contribution is 0.0689. The van der Waals surface area contributed by atoms with Gasteiger partial charge in [0, 0.05) is 20.1 Å². The van der Waals surface area contributed by atoms with E-state index in [9.17, 15) is 4.79 Å². The van der Waals surface area contributed by atoms with Crippen molar-refractivity contribution >= 4 is 11.7 Å². The minimum Gasteiger partial charge on any atom is -0.477 e. The average molecular weight is 226 g/mol. The van der Waals surface area contributed by atoms with E-state index in [0.29, 0.717) is 25.3 Å². The van der Waals surface area contributed by atoms with E-state index in [0.717, 1.165) is 0 Å². The van der Waals surface area contributed by atoms with Crippen LogP contribution in [0, 0.1) is 0 Å². The van der Waals surface area contributed by atoms with Crippen molar-refractivity contribution in [2.24, 2.45) is 0 Å². The van der Waals surface area contributed by atoms with Gasteiger partial charge in [-0.05, 0) is 12.1 Å². The number of carboxylic acids is 1. The maximum Gasteiger partial charge on any atom is 0.354 e. The molecular weight excluding hydrogens is 212 g/mol. The SMILES string of the molecule is COCCCOc1nc(C(=O)O)ccc1N. The van der Waals surface area contributed by atoms with E-state index in [1.807, 2.05) is 0 Å². The Morgan fingerprint density at radius 2 is 2.25 bits per heavy atom. The highest BCUT2D eigenvalue weighted by Gasteiger charge is 2.09. The lowest BCUT2D eigenvalue weighted by Crippen LogP contribution is -2.08. The molecule has 1 rings (SSSR count). The highest BCUT2D eigenvalue weighted by atomic mass is 16.5. The lowest BCUT2D eigenvalue weighted by Gasteiger charge is -2.07. The molecule has 0 aliphatic rings. The number of nitrogens with two attached hydrogens (primary N) is 1. The Labute approximate surface area is 93.0 Å². The molecule has 0 amide bonds. The molecular formula is C10H14N2O4.